The molecule has 1 aromatic rings. The zero-order valence-corrected chi connectivity index (χ0v) is 9.21. The molecule has 84 valence electrons. The first-order chi connectivity index (χ1) is 7.79. The second-order valence-electron chi connectivity index (χ2n) is 4.34. The van der Waals surface area contributed by atoms with E-state index in [4.69, 9.17) is 5.26 Å². The van der Waals surface area contributed by atoms with Gasteiger partial charge in [0.1, 0.15) is 6.10 Å². The molecule has 0 aromatic heterocycles. The normalized spacial score (nSPS) is 22.9. The monoisotopic (exact) mass is 216 g/mol. The first-order valence-corrected chi connectivity index (χ1v) is 5.63. The second-order valence-corrected chi connectivity index (χ2v) is 4.34. The number of nitriles is 1. The van der Waals surface area contributed by atoms with Crippen LogP contribution in [0.2, 0.25) is 0 Å². The van der Waals surface area contributed by atoms with Crippen LogP contribution in [0.1, 0.15) is 12.0 Å². The summed E-state index contributed by atoms with van der Waals surface area (Å²) in [4.78, 5) is 2.29. The van der Waals surface area contributed by atoms with Crippen LogP contribution in [0.15, 0.2) is 30.3 Å². The average molecular weight is 216 g/mol. The summed E-state index contributed by atoms with van der Waals surface area (Å²) in [7, 11) is 0. The van der Waals surface area contributed by atoms with Crippen LogP contribution in [0.4, 0.5) is 0 Å². The molecule has 0 bridgehead atoms. The van der Waals surface area contributed by atoms with E-state index in [1.54, 1.807) is 0 Å². The standard InChI is InChI=1S/C13H16N2O/c14-8-13(16)12-6-7-15(10-12)9-11-4-2-1-3-5-11/h1-5,12-13,16H,6-7,9-10H2. The molecule has 2 atom stereocenters. The van der Waals surface area contributed by atoms with Crippen molar-refractivity contribution < 1.29 is 5.11 Å². The molecule has 1 saturated heterocycles. The maximum absolute atomic E-state index is 9.45. The van der Waals surface area contributed by atoms with Gasteiger partial charge < -0.3 is 5.11 Å². The third-order valence-corrected chi connectivity index (χ3v) is 3.14. The van der Waals surface area contributed by atoms with Crippen molar-refractivity contribution >= 4 is 0 Å². The predicted molar refractivity (Wildman–Crippen MR) is 61.4 cm³/mol. The number of benzene rings is 1. The Bertz CT molecular complexity index is 371. The van der Waals surface area contributed by atoms with E-state index in [0.29, 0.717) is 0 Å². The van der Waals surface area contributed by atoms with Crippen LogP contribution < -0.4 is 0 Å². The number of nitrogens with zero attached hydrogens (tertiary/aromatic N) is 2. The SMILES string of the molecule is N#CC(O)C1CCN(Cc2ccccc2)C1. The van der Waals surface area contributed by atoms with Gasteiger partial charge in [-0.3, -0.25) is 4.90 Å². The minimum absolute atomic E-state index is 0.119. The van der Waals surface area contributed by atoms with Crippen LogP contribution >= 0.6 is 0 Å². The molecule has 1 fully saturated rings. The summed E-state index contributed by atoms with van der Waals surface area (Å²) in [5.41, 5.74) is 1.29. The van der Waals surface area contributed by atoms with Gasteiger partial charge in [0.15, 0.2) is 0 Å². The fourth-order valence-corrected chi connectivity index (χ4v) is 2.21. The van der Waals surface area contributed by atoms with E-state index in [0.717, 1.165) is 26.1 Å². The molecule has 0 spiro atoms. The second kappa shape index (κ2) is 5.11. The highest BCUT2D eigenvalue weighted by molar-refractivity contribution is 5.14. The summed E-state index contributed by atoms with van der Waals surface area (Å²) in [6.07, 6.45) is 0.113. The fourth-order valence-electron chi connectivity index (χ4n) is 2.21. The van der Waals surface area contributed by atoms with Crippen molar-refractivity contribution in [1.29, 1.82) is 5.26 Å². The van der Waals surface area contributed by atoms with E-state index in [1.165, 1.54) is 5.56 Å². The van der Waals surface area contributed by atoms with E-state index in [9.17, 15) is 5.11 Å². The van der Waals surface area contributed by atoms with Crippen molar-refractivity contribution in [3.8, 4) is 6.07 Å². The third-order valence-electron chi connectivity index (χ3n) is 3.14. The first kappa shape index (κ1) is 11.1. The predicted octanol–water partition coefficient (Wildman–Crippen LogP) is 1.39. The van der Waals surface area contributed by atoms with Gasteiger partial charge in [-0.15, -0.1) is 0 Å². The summed E-state index contributed by atoms with van der Waals surface area (Å²) >= 11 is 0. The molecule has 1 N–H and O–H groups in total. The molecular formula is C13H16N2O. The van der Waals surface area contributed by atoms with E-state index in [-0.39, 0.29) is 5.92 Å². The van der Waals surface area contributed by atoms with Gasteiger partial charge >= 0.3 is 0 Å². The molecular weight excluding hydrogens is 200 g/mol. The van der Waals surface area contributed by atoms with Gasteiger partial charge in [0.05, 0.1) is 6.07 Å². The molecule has 0 amide bonds. The van der Waals surface area contributed by atoms with Crippen molar-refractivity contribution in [3.05, 3.63) is 35.9 Å². The highest BCUT2D eigenvalue weighted by Gasteiger charge is 2.27. The molecule has 0 saturated carbocycles. The summed E-state index contributed by atoms with van der Waals surface area (Å²) in [6, 6.07) is 12.2. The first-order valence-electron chi connectivity index (χ1n) is 5.63. The number of hydrogen-bond acceptors (Lipinski definition) is 3. The minimum atomic E-state index is -0.805. The Morgan fingerprint density at radius 3 is 2.88 bits per heavy atom. The molecule has 1 aliphatic rings. The molecule has 1 heterocycles. The Kier molecular flexibility index (Phi) is 3.55. The van der Waals surface area contributed by atoms with Gasteiger partial charge in [0.2, 0.25) is 0 Å². The van der Waals surface area contributed by atoms with E-state index < -0.39 is 6.10 Å². The molecule has 0 radical (unpaired) electrons. The van der Waals surface area contributed by atoms with Gasteiger partial charge in [-0.2, -0.15) is 5.26 Å². The maximum atomic E-state index is 9.45. The van der Waals surface area contributed by atoms with Crippen LogP contribution in [-0.4, -0.2) is 29.2 Å². The van der Waals surface area contributed by atoms with Crippen LogP contribution in [0.3, 0.4) is 0 Å². The van der Waals surface area contributed by atoms with Gasteiger partial charge in [0.25, 0.3) is 0 Å². The van der Waals surface area contributed by atoms with Crippen LogP contribution in [0.5, 0.6) is 0 Å². The van der Waals surface area contributed by atoms with Crippen molar-refractivity contribution in [1.82, 2.24) is 4.90 Å². The van der Waals surface area contributed by atoms with Crippen molar-refractivity contribution in [2.24, 2.45) is 5.92 Å². The summed E-state index contributed by atoms with van der Waals surface area (Å²) in [5.74, 6) is 0.119. The van der Waals surface area contributed by atoms with Crippen molar-refractivity contribution in [2.45, 2.75) is 19.1 Å². The maximum Gasteiger partial charge on any atom is 0.144 e. The lowest BCUT2D eigenvalue weighted by Gasteiger charge is -2.16. The smallest absolute Gasteiger partial charge is 0.144 e. The zero-order valence-electron chi connectivity index (χ0n) is 9.21. The van der Waals surface area contributed by atoms with Crippen molar-refractivity contribution in [3.63, 3.8) is 0 Å². The van der Waals surface area contributed by atoms with Crippen LogP contribution in [-0.2, 0) is 6.54 Å². The number of aliphatic hydroxyl groups is 1. The molecule has 1 aromatic carbocycles. The Hall–Kier alpha value is -1.37. The summed E-state index contributed by atoms with van der Waals surface area (Å²) in [6.45, 7) is 2.71. The largest absolute Gasteiger partial charge is 0.378 e. The number of rotatable bonds is 3. The summed E-state index contributed by atoms with van der Waals surface area (Å²) in [5, 5.41) is 18.1. The molecule has 3 nitrogen and oxygen atoms in total. The third kappa shape index (κ3) is 2.60. The molecule has 2 rings (SSSR count). The topological polar surface area (TPSA) is 47.3 Å². The Morgan fingerprint density at radius 1 is 1.44 bits per heavy atom. The van der Waals surface area contributed by atoms with Crippen LogP contribution in [0.25, 0.3) is 0 Å². The Balaban J connectivity index is 1.88. The van der Waals surface area contributed by atoms with Gasteiger partial charge in [-0.1, -0.05) is 30.3 Å². The number of hydrogen-bond donors (Lipinski definition) is 1. The Labute approximate surface area is 95.9 Å². The lowest BCUT2D eigenvalue weighted by Crippen LogP contribution is -2.24. The molecule has 1 aliphatic heterocycles. The molecule has 3 heteroatoms. The van der Waals surface area contributed by atoms with Gasteiger partial charge in [0, 0.05) is 19.0 Å². The number of likely N-dealkylation sites (tertiary alicyclic amines) is 1. The quantitative estimate of drug-likeness (QED) is 0.777. The highest BCUT2D eigenvalue weighted by atomic mass is 16.3. The van der Waals surface area contributed by atoms with Gasteiger partial charge in [-0.25, -0.2) is 0 Å². The van der Waals surface area contributed by atoms with E-state index in [2.05, 4.69) is 17.0 Å². The average Bonchev–Trinajstić information content (AvgIpc) is 2.78. The van der Waals surface area contributed by atoms with Crippen LogP contribution in [0, 0.1) is 17.2 Å². The molecule has 2 unspecified atom stereocenters. The summed E-state index contributed by atoms with van der Waals surface area (Å²) < 4.78 is 0. The minimum Gasteiger partial charge on any atom is -0.378 e. The van der Waals surface area contributed by atoms with E-state index in [1.807, 2.05) is 24.3 Å². The number of aliphatic hydroxyl groups excluding tert-OH is 1. The molecule has 0 aliphatic carbocycles. The van der Waals surface area contributed by atoms with E-state index >= 15 is 0 Å². The fraction of sp³-hybridized carbons (Fsp3) is 0.462. The lowest BCUT2D eigenvalue weighted by molar-refractivity contribution is 0.159. The highest BCUT2D eigenvalue weighted by Crippen LogP contribution is 2.21. The van der Waals surface area contributed by atoms with Crippen molar-refractivity contribution in [2.75, 3.05) is 13.1 Å². The zero-order chi connectivity index (χ0) is 11.4. The Morgan fingerprint density at radius 2 is 2.19 bits per heavy atom. The molecule has 16 heavy (non-hydrogen) atoms. The van der Waals surface area contributed by atoms with Gasteiger partial charge in [-0.05, 0) is 18.5 Å². The lowest BCUT2D eigenvalue weighted by atomic mass is 10.0.